The Bertz CT molecular complexity index is 928. The molecular formula is C20H26FN5S. The maximum absolute atomic E-state index is 13.3. The first-order valence-corrected chi connectivity index (χ1v) is 10.1. The number of benzene rings is 1. The van der Waals surface area contributed by atoms with Gasteiger partial charge < -0.3 is 15.6 Å². The highest BCUT2D eigenvalue weighted by molar-refractivity contribution is 7.11. The number of rotatable bonds is 7. The van der Waals surface area contributed by atoms with Crippen LogP contribution in [0.4, 0.5) is 4.39 Å². The quantitative estimate of drug-likeness (QED) is 0.429. The third-order valence-electron chi connectivity index (χ3n) is 4.54. The fourth-order valence-corrected chi connectivity index (χ4v) is 4.13. The molecule has 27 heavy (non-hydrogen) atoms. The fraction of sp³-hybridized carbons (Fsp3) is 0.400. The minimum Gasteiger partial charge on any atom is -0.361 e. The van der Waals surface area contributed by atoms with Crippen LogP contribution >= 0.6 is 11.3 Å². The van der Waals surface area contributed by atoms with E-state index in [0.29, 0.717) is 0 Å². The zero-order valence-electron chi connectivity index (χ0n) is 16.0. The summed E-state index contributed by atoms with van der Waals surface area (Å²) in [4.78, 5) is 13.4. The lowest BCUT2D eigenvalue weighted by atomic mass is 10.1. The number of aromatic amines is 1. The van der Waals surface area contributed by atoms with Gasteiger partial charge in [0.15, 0.2) is 5.96 Å². The zero-order chi connectivity index (χ0) is 19.2. The number of aromatic nitrogens is 2. The Morgan fingerprint density at radius 2 is 2.04 bits per heavy atom. The van der Waals surface area contributed by atoms with Crippen LogP contribution in [0.2, 0.25) is 0 Å². The van der Waals surface area contributed by atoms with E-state index < -0.39 is 0 Å². The van der Waals surface area contributed by atoms with E-state index in [0.717, 1.165) is 49.2 Å². The Morgan fingerprint density at radius 1 is 1.26 bits per heavy atom. The van der Waals surface area contributed by atoms with E-state index in [1.54, 1.807) is 18.4 Å². The molecular weight excluding hydrogens is 361 g/mol. The van der Waals surface area contributed by atoms with E-state index in [1.807, 2.05) is 12.3 Å². The van der Waals surface area contributed by atoms with Gasteiger partial charge in [-0.05, 0) is 43.5 Å². The third kappa shape index (κ3) is 4.86. The van der Waals surface area contributed by atoms with Crippen LogP contribution in [0.3, 0.4) is 0 Å². The average molecular weight is 388 g/mol. The zero-order valence-corrected chi connectivity index (χ0v) is 16.8. The Labute approximate surface area is 163 Å². The number of aliphatic imine (C=N–C) groups is 1. The molecule has 0 aliphatic heterocycles. The number of H-pyrrole nitrogens is 1. The molecule has 0 amide bonds. The molecule has 5 nitrogen and oxygen atoms in total. The molecule has 1 aromatic carbocycles. The number of guanidine groups is 1. The van der Waals surface area contributed by atoms with Gasteiger partial charge in [-0.3, -0.25) is 4.99 Å². The van der Waals surface area contributed by atoms with Crippen molar-refractivity contribution >= 4 is 28.2 Å². The number of halogens is 1. The minimum atomic E-state index is -0.222. The normalized spacial score (nSPS) is 11.9. The van der Waals surface area contributed by atoms with E-state index in [2.05, 4.69) is 39.4 Å². The molecule has 0 fully saturated rings. The van der Waals surface area contributed by atoms with Crippen LogP contribution in [0.5, 0.6) is 0 Å². The van der Waals surface area contributed by atoms with Crippen LogP contribution in [-0.2, 0) is 19.3 Å². The van der Waals surface area contributed by atoms with Gasteiger partial charge in [-0.25, -0.2) is 9.37 Å². The lowest BCUT2D eigenvalue weighted by Gasteiger charge is -2.11. The van der Waals surface area contributed by atoms with Crippen LogP contribution < -0.4 is 10.6 Å². The lowest BCUT2D eigenvalue weighted by Crippen LogP contribution is -2.39. The van der Waals surface area contributed by atoms with Gasteiger partial charge in [0, 0.05) is 48.5 Å². The topological polar surface area (TPSA) is 65.1 Å². The van der Waals surface area contributed by atoms with Gasteiger partial charge in [-0.15, -0.1) is 11.3 Å². The number of aryl methyl sites for hydroxylation is 2. The minimum absolute atomic E-state index is 0.222. The number of nitrogens with one attached hydrogen (secondary N) is 3. The molecule has 0 spiro atoms. The third-order valence-corrected chi connectivity index (χ3v) is 5.62. The average Bonchev–Trinajstić information content (AvgIpc) is 3.22. The second kappa shape index (κ2) is 8.99. The number of thiazole rings is 1. The number of nitrogens with zero attached hydrogens (tertiary/aromatic N) is 2. The first-order chi connectivity index (χ1) is 13.1. The Balaban J connectivity index is 1.46. The van der Waals surface area contributed by atoms with Crippen LogP contribution in [0.1, 0.15) is 28.1 Å². The van der Waals surface area contributed by atoms with E-state index >= 15 is 0 Å². The van der Waals surface area contributed by atoms with Crippen LogP contribution in [0.15, 0.2) is 29.4 Å². The molecule has 2 aromatic heterocycles. The van der Waals surface area contributed by atoms with Gasteiger partial charge in [0.05, 0.1) is 10.7 Å². The molecule has 0 saturated heterocycles. The number of hydrogen-bond donors (Lipinski definition) is 3. The predicted molar refractivity (Wildman–Crippen MR) is 111 cm³/mol. The molecule has 3 rings (SSSR count). The molecule has 144 valence electrons. The first kappa shape index (κ1) is 19.4. The Hall–Kier alpha value is -2.41. The maximum Gasteiger partial charge on any atom is 0.191 e. The van der Waals surface area contributed by atoms with Crippen LogP contribution in [0.25, 0.3) is 10.9 Å². The smallest absolute Gasteiger partial charge is 0.191 e. The largest absolute Gasteiger partial charge is 0.361 e. The summed E-state index contributed by atoms with van der Waals surface area (Å²) in [5.74, 6) is 0.560. The molecule has 0 radical (unpaired) electrons. The molecule has 3 aromatic rings. The molecule has 0 bridgehead atoms. The summed E-state index contributed by atoms with van der Waals surface area (Å²) < 4.78 is 13.3. The van der Waals surface area contributed by atoms with Gasteiger partial charge in [0.25, 0.3) is 0 Å². The summed E-state index contributed by atoms with van der Waals surface area (Å²) in [5.41, 5.74) is 3.20. The molecule has 0 atom stereocenters. The fourth-order valence-electron chi connectivity index (χ4n) is 3.11. The summed E-state index contributed by atoms with van der Waals surface area (Å²) >= 11 is 1.77. The highest BCUT2D eigenvalue weighted by Crippen LogP contribution is 2.19. The lowest BCUT2D eigenvalue weighted by molar-refractivity contribution is 0.629. The first-order valence-electron chi connectivity index (χ1n) is 9.26. The monoisotopic (exact) mass is 387 g/mol. The van der Waals surface area contributed by atoms with Crippen molar-refractivity contribution < 1.29 is 4.39 Å². The van der Waals surface area contributed by atoms with Crippen molar-refractivity contribution in [3.05, 3.63) is 51.4 Å². The second-order valence-electron chi connectivity index (χ2n) is 6.39. The van der Waals surface area contributed by atoms with Gasteiger partial charge in [0.1, 0.15) is 5.82 Å². The van der Waals surface area contributed by atoms with Crippen molar-refractivity contribution in [2.75, 3.05) is 20.1 Å². The maximum atomic E-state index is 13.3. The molecule has 0 aliphatic rings. The summed E-state index contributed by atoms with van der Waals surface area (Å²) in [5, 5.41) is 8.90. The van der Waals surface area contributed by atoms with E-state index in [9.17, 15) is 4.39 Å². The van der Waals surface area contributed by atoms with Crippen molar-refractivity contribution in [1.29, 1.82) is 0 Å². The van der Waals surface area contributed by atoms with E-state index in [4.69, 9.17) is 0 Å². The van der Waals surface area contributed by atoms with Gasteiger partial charge >= 0.3 is 0 Å². The van der Waals surface area contributed by atoms with Crippen LogP contribution in [-0.4, -0.2) is 36.1 Å². The van der Waals surface area contributed by atoms with Gasteiger partial charge in [-0.2, -0.15) is 0 Å². The SMILES string of the molecule is CCc1nc(CCNC(=NC)NCCc2c[nH]c3cc(F)ccc23)sc1C. The number of hydrogen-bond acceptors (Lipinski definition) is 3. The predicted octanol–water partition coefficient (Wildman–Crippen LogP) is 3.58. The molecule has 2 heterocycles. The van der Waals surface area contributed by atoms with Crippen LogP contribution in [0, 0.1) is 12.7 Å². The van der Waals surface area contributed by atoms with Crippen molar-refractivity contribution in [3.63, 3.8) is 0 Å². The van der Waals surface area contributed by atoms with Gasteiger partial charge in [0.2, 0.25) is 0 Å². The summed E-state index contributed by atoms with van der Waals surface area (Å²) in [6, 6.07) is 4.85. The van der Waals surface area contributed by atoms with Crippen molar-refractivity contribution in [2.24, 2.45) is 4.99 Å². The summed E-state index contributed by atoms with van der Waals surface area (Å²) in [6.45, 7) is 5.82. The highest BCUT2D eigenvalue weighted by Gasteiger charge is 2.07. The summed E-state index contributed by atoms with van der Waals surface area (Å²) in [6.07, 6.45) is 4.65. The Morgan fingerprint density at radius 3 is 2.74 bits per heavy atom. The van der Waals surface area contributed by atoms with Crippen molar-refractivity contribution in [2.45, 2.75) is 33.1 Å². The van der Waals surface area contributed by atoms with Crippen molar-refractivity contribution in [1.82, 2.24) is 20.6 Å². The molecule has 0 unspecified atom stereocenters. The van der Waals surface area contributed by atoms with Gasteiger partial charge in [-0.1, -0.05) is 6.92 Å². The second-order valence-corrected chi connectivity index (χ2v) is 7.68. The van der Waals surface area contributed by atoms with E-state index in [-0.39, 0.29) is 5.82 Å². The molecule has 0 aliphatic carbocycles. The van der Waals surface area contributed by atoms with E-state index in [1.165, 1.54) is 33.3 Å². The molecule has 7 heteroatoms. The molecule has 3 N–H and O–H groups in total. The summed E-state index contributed by atoms with van der Waals surface area (Å²) in [7, 11) is 1.77. The highest BCUT2D eigenvalue weighted by atomic mass is 32.1. The van der Waals surface area contributed by atoms with Crippen molar-refractivity contribution in [3.8, 4) is 0 Å². The molecule has 0 saturated carbocycles. The number of fused-ring (bicyclic) bond motifs is 1. The standard InChI is InChI=1S/C20H26FN5S/c1-4-17-13(2)27-19(26-17)8-10-24-20(22-3)23-9-7-14-12-25-18-11-15(21)5-6-16(14)18/h5-6,11-12,25H,4,7-10H2,1-3H3,(H2,22,23,24). The Kier molecular flexibility index (Phi) is 6.45.